The Balaban J connectivity index is 1.72. The highest BCUT2D eigenvalue weighted by Gasteiger charge is 2.19. The lowest BCUT2D eigenvalue weighted by atomic mass is 10.1. The van der Waals surface area contributed by atoms with Gasteiger partial charge in [0.25, 0.3) is 0 Å². The molecule has 1 N–H and O–H groups in total. The second-order valence-electron chi connectivity index (χ2n) is 7.12. The Morgan fingerprint density at radius 1 is 0.966 bits per heavy atom. The number of halogens is 1. The maximum absolute atomic E-state index is 13.1. The molecule has 4 rings (SSSR count). The van der Waals surface area contributed by atoms with E-state index in [9.17, 15) is 4.39 Å². The van der Waals surface area contributed by atoms with E-state index in [1.807, 2.05) is 12.1 Å². The van der Waals surface area contributed by atoms with E-state index < -0.39 is 0 Å². The second kappa shape index (κ2) is 8.51. The van der Waals surface area contributed by atoms with Crippen molar-refractivity contribution in [2.75, 3.05) is 37.5 Å². The number of hydrogen-bond donors (Lipinski definition) is 1. The highest BCUT2D eigenvalue weighted by Crippen LogP contribution is 2.36. The molecule has 1 fully saturated rings. The van der Waals surface area contributed by atoms with E-state index in [4.69, 9.17) is 14.5 Å². The molecule has 1 saturated heterocycles. The zero-order valence-electron chi connectivity index (χ0n) is 16.7. The molecule has 0 aliphatic carbocycles. The molecule has 0 unspecified atom stereocenters. The van der Waals surface area contributed by atoms with Crippen molar-refractivity contribution in [3.05, 3.63) is 47.8 Å². The van der Waals surface area contributed by atoms with Gasteiger partial charge in [0.2, 0.25) is 5.95 Å². The first kappa shape index (κ1) is 19.2. The lowest BCUT2D eigenvalue weighted by Gasteiger charge is -2.29. The third-order valence-electron chi connectivity index (χ3n) is 5.20. The van der Waals surface area contributed by atoms with E-state index in [2.05, 4.69) is 15.2 Å². The smallest absolute Gasteiger partial charge is 0.225 e. The molecule has 3 aromatic rings. The van der Waals surface area contributed by atoms with Crippen LogP contribution >= 0.6 is 0 Å². The molecule has 1 aromatic heterocycles. The summed E-state index contributed by atoms with van der Waals surface area (Å²) in [6, 6.07) is 10.2. The van der Waals surface area contributed by atoms with E-state index in [1.165, 1.54) is 18.6 Å². The van der Waals surface area contributed by atoms with Crippen LogP contribution in [0, 0.1) is 5.82 Å². The molecule has 0 saturated carbocycles. The van der Waals surface area contributed by atoms with E-state index in [0.29, 0.717) is 24.0 Å². The molecule has 0 amide bonds. The van der Waals surface area contributed by atoms with Crippen molar-refractivity contribution in [2.24, 2.45) is 0 Å². The van der Waals surface area contributed by atoms with E-state index in [0.717, 1.165) is 48.2 Å². The summed E-state index contributed by atoms with van der Waals surface area (Å²) in [7, 11) is 3.24. The van der Waals surface area contributed by atoms with Gasteiger partial charge >= 0.3 is 0 Å². The molecule has 2 aromatic carbocycles. The van der Waals surface area contributed by atoms with Crippen LogP contribution in [0.4, 0.5) is 16.2 Å². The summed E-state index contributed by atoms with van der Waals surface area (Å²) in [4.78, 5) is 11.8. The topological polar surface area (TPSA) is 59.5 Å². The van der Waals surface area contributed by atoms with Crippen LogP contribution in [-0.4, -0.2) is 37.3 Å². The summed E-state index contributed by atoms with van der Waals surface area (Å²) in [6.45, 7) is 2.45. The van der Waals surface area contributed by atoms with Gasteiger partial charge in [0, 0.05) is 31.1 Å². The Morgan fingerprint density at radius 3 is 2.34 bits per heavy atom. The number of fused-ring (bicyclic) bond motifs is 1. The van der Waals surface area contributed by atoms with Gasteiger partial charge in [0.05, 0.1) is 19.7 Å². The molecule has 7 heteroatoms. The molecular formula is C22H25FN4O2. The van der Waals surface area contributed by atoms with Crippen LogP contribution in [0.2, 0.25) is 0 Å². The lowest BCUT2D eigenvalue weighted by molar-refractivity contribution is 0.356. The normalized spacial score (nSPS) is 14.1. The van der Waals surface area contributed by atoms with Crippen LogP contribution < -0.4 is 19.7 Å². The Kier molecular flexibility index (Phi) is 5.64. The number of anilines is 2. The van der Waals surface area contributed by atoms with Gasteiger partial charge < -0.3 is 19.7 Å². The highest BCUT2D eigenvalue weighted by molar-refractivity contribution is 5.93. The zero-order valence-corrected chi connectivity index (χ0v) is 16.7. The molecule has 1 aliphatic heterocycles. The fourth-order valence-corrected chi connectivity index (χ4v) is 3.65. The SMILES string of the molecule is COc1cc2nc(NCc3ccc(F)cc3)nc(N3CCCCC3)c2cc1OC. The number of ether oxygens (including phenoxy) is 2. The largest absolute Gasteiger partial charge is 0.493 e. The first-order valence-electron chi connectivity index (χ1n) is 9.85. The number of nitrogens with zero attached hydrogens (tertiary/aromatic N) is 3. The number of nitrogens with one attached hydrogen (secondary N) is 1. The summed E-state index contributed by atoms with van der Waals surface area (Å²) >= 11 is 0. The number of benzene rings is 2. The van der Waals surface area contributed by atoms with Gasteiger partial charge in [-0.05, 0) is 43.0 Å². The fourth-order valence-electron chi connectivity index (χ4n) is 3.65. The van der Waals surface area contributed by atoms with Crippen LogP contribution in [0.3, 0.4) is 0 Å². The summed E-state index contributed by atoms with van der Waals surface area (Å²) in [5, 5.41) is 4.22. The average molecular weight is 396 g/mol. The summed E-state index contributed by atoms with van der Waals surface area (Å²) in [5.74, 6) is 2.48. The molecular weight excluding hydrogens is 371 g/mol. The summed E-state index contributed by atoms with van der Waals surface area (Å²) in [5.41, 5.74) is 1.75. The Bertz CT molecular complexity index is 988. The predicted molar refractivity (Wildman–Crippen MR) is 112 cm³/mol. The Hall–Kier alpha value is -3.09. The standard InChI is InChI=1S/C22H25FN4O2/c1-28-19-12-17-18(13-20(19)29-2)25-22(24-14-15-6-8-16(23)9-7-15)26-21(17)27-10-4-3-5-11-27/h6-9,12-13H,3-5,10-11,14H2,1-2H3,(H,24,25,26). The first-order valence-corrected chi connectivity index (χ1v) is 9.85. The van der Waals surface area contributed by atoms with E-state index >= 15 is 0 Å². The van der Waals surface area contributed by atoms with Gasteiger partial charge in [-0.3, -0.25) is 0 Å². The Morgan fingerprint density at radius 2 is 1.66 bits per heavy atom. The summed E-state index contributed by atoms with van der Waals surface area (Å²) in [6.07, 6.45) is 3.54. The quantitative estimate of drug-likeness (QED) is 0.667. The summed E-state index contributed by atoms with van der Waals surface area (Å²) < 4.78 is 24.1. The third kappa shape index (κ3) is 4.18. The van der Waals surface area contributed by atoms with E-state index in [1.54, 1.807) is 26.4 Å². The minimum Gasteiger partial charge on any atom is -0.493 e. The molecule has 1 aliphatic rings. The zero-order chi connectivity index (χ0) is 20.2. The number of methoxy groups -OCH3 is 2. The molecule has 0 atom stereocenters. The molecule has 152 valence electrons. The highest BCUT2D eigenvalue weighted by atomic mass is 19.1. The first-order chi connectivity index (χ1) is 14.2. The van der Waals surface area contributed by atoms with Gasteiger partial charge in [-0.1, -0.05) is 12.1 Å². The van der Waals surface area contributed by atoms with E-state index in [-0.39, 0.29) is 5.82 Å². The molecule has 2 heterocycles. The number of hydrogen-bond acceptors (Lipinski definition) is 6. The van der Waals surface area contributed by atoms with Gasteiger partial charge in [-0.15, -0.1) is 0 Å². The number of rotatable bonds is 6. The minimum atomic E-state index is -0.246. The lowest BCUT2D eigenvalue weighted by Crippen LogP contribution is -2.30. The van der Waals surface area contributed by atoms with Crippen molar-refractivity contribution >= 4 is 22.7 Å². The van der Waals surface area contributed by atoms with Gasteiger partial charge in [0.15, 0.2) is 11.5 Å². The van der Waals surface area contributed by atoms with Crippen molar-refractivity contribution in [3.8, 4) is 11.5 Å². The van der Waals surface area contributed by atoms with Crippen molar-refractivity contribution < 1.29 is 13.9 Å². The number of piperidine rings is 1. The maximum Gasteiger partial charge on any atom is 0.225 e. The van der Waals surface area contributed by atoms with Crippen molar-refractivity contribution in [3.63, 3.8) is 0 Å². The van der Waals surface area contributed by atoms with Gasteiger partial charge in [-0.2, -0.15) is 4.98 Å². The predicted octanol–water partition coefficient (Wildman–Crippen LogP) is 4.39. The van der Waals surface area contributed by atoms with Crippen molar-refractivity contribution in [2.45, 2.75) is 25.8 Å². The Labute approximate surface area is 169 Å². The molecule has 0 spiro atoms. The fraction of sp³-hybridized carbons (Fsp3) is 0.364. The monoisotopic (exact) mass is 396 g/mol. The molecule has 0 radical (unpaired) electrons. The average Bonchev–Trinajstić information content (AvgIpc) is 2.77. The molecule has 29 heavy (non-hydrogen) atoms. The molecule has 6 nitrogen and oxygen atoms in total. The van der Waals surface area contributed by atoms with Crippen LogP contribution in [0.5, 0.6) is 11.5 Å². The van der Waals surface area contributed by atoms with Gasteiger partial charge in [0.1, 0.15) is 11.6 Å². The van der Waals surface area contributed by atoms with Crippen LogP contribution in [0.25, 0.3) is 10.9 Å². The molecule has 0 bridgehead atoms. The van der Waals surface area contributed by atoms with Crippen LogP contribution in [0.1, 0.15) is 24.8 Å². The number of aromatic nitrogens is 2. The third-order valence-corrected chi connectivity index (χ3v) is 5.20. The van der Waals surface area contributed by atoms with Crippen LogP contribution in [-0.2, 0) is 6.54 Å². The van der Waals surface area contributed by atoms with Gasteiger partial charge in [-0.25, -0.2) is 9.37 Å². The van der Waals surface area contributed by atoms with Crippen LogP contribution in [0.15, 0.2) is 36.4 Å². The van der Waals surface area contributed by atoms with Crippen molar-refractivity contribution in [1.82, 2.24) is 9.97 Å². The van der Waals surface area contributed by atoms with Crippen molar-refractivity contribution in [1.29, 1.82) is 0 Å². The minimum absolute atomic E-state index is 0.246. The maximum atomic E-state index is 13.1. The second-order valence-corrected chi connectivity index (χ2v) is 7.12.